The first-order valence-electron chi connectivity index (χ1n) is 5.99. The normalized spacial score (nSPS) is 32.1. The molecule has 1 rings (SSSR count). The van der Waals surface area contributed by atoms with Gasteiger partial charge in [-0.3, -0.25) is 4.79 Å². The van der Waals surface area contributed by atoms with Gasteiger partial charge in [-0.25, -0.2) is 0 Å². The zero-order valence-corrected chi connectivity index (χ0v) is 11.3. The number of methoxy groups -OCH3 is 1. The van der Waals surface area contributed by atoms with E-state index in [9.17, 15) is 4.79 Å². The van der Waals surface area contributed by atoms with Gasteiger partial charge in [0.05, 0.1) is 7.11 Å². The largest absolute Gasteiger partial charge is 0.468 e. The summed E-state index contributed by atoms with van der Waals surface area (Å²) in [4.78, 5) is 11.1. The van der Waals surface area contributed by atoms with Gasteiger partial charge in [-0.2, -0.15) is 11.8 Å². The predicted molar refractivity (Wildman–Crippen MR) is 68.4 cm³/mol. The summed E-state index contributed by atoms with van der Waals surface area (Å²) in [7, 11) is 1.39. The first kappa shape index (κ1) is 13.8. The van der Waals surface area contributed by atoms with Crippen molar-refractivity contribution < 1.29 is 9.53 Å². The van der Waals surface area contributed by atoms with Crippen molar-refractivity contribution in [2.24, 2.45) is 17.6 Å². The lowest BCUT2D eigenvalue weighted by atomic mass is 9.81. The van der Waals surface area contributed by atoms with Gasteiger partial charge < -0.3 is 10.5 Å². The number of rotatable bonds is 4. The van der Waals surface area contributed by atoms with Gasteiger partial charge in [-0.1, -0.05) is 13.8 Å². The third-order valence-electron chi connectivity index (χ3n) is 3.57. The Kier molecular flexibility index (Phi) is 5.62. The van der Waals surface area contributed by atoms with Gasteiger partial charge in [0.15, 0.2) is 0 Å². The van der Waals surface area contributed by atoms with Crippen LogP contribution in [0, 0.1) is 11.8 Å². The van der Waals surface area contributed by atoms with E-state index in [-0.39, 0.29) is 5.97 Å². The summed E-state index contributed by atoms with van der Waals surface area (Å²) < 4.78 is 4.61. The Hall–Kier alpha value is -0.220. The Morgan fingerprint density at radius 1 is 1.44 bits per heavy atom. The highest BCUT2D eigenvalue weighted by molar-refractivity contribution is 7.99. The maximum Gasteiger partial charge on any atom is 0.323 e. The van der Waals surface area contributed by atoms with Gasteiger partial charge in [0.25, 0.3) is 0 Å². The van der Waals surface area contributed by atoms with Crippen LogP contribution in [0.4, 0.5) is 0 Å². The van der Waals surface area contributed by atoms with Crippen LogP contribution in [0.5, 0.6) is 0 Å². The lowest BCUT2D eigenvalue weighted by molar-refractivity contribution is -0.141. The Morgan fingerprint density at radius 3 is 2.69 bits per heavy atom. The molecular weight excluding hydrogens is 222 g/mol. The number of esters is 1. The Labute approximate surface area is 102 Å². The van der Waals surface area contributed by atoms with Crippen LogP contribution in [0.1, 0.15) is 33.1 Å². The molecule has 0 heterocycles. The second-order valence-corrected chi connectivity index (χ2v) is 6.19. The van der Waals surface area contributed by atoms with Crippen LogP contribution in [0.25, 0.3) is 0 Å². The van der Waals surface area contributed by atoms with Crippen molar-refractivity contribution in [3.63, 3.8) is 0 Å². The molecule has 0 radical (unpaired) electrons. The first-order valence-corrected chi connectivity index (χ1v) is 7.04. The van der Waals surface area contributed by atoms with E-state index >= 15 is 0 Å². The van der Waals surface area contributed by atoms with Crippen LogP contribution in [0.3, 0.4) is 0 Å². The van der Waals surface area contributed by atoms with Crippen LogP contribution in [-0.4, -0.2) is 30.1 Å². The van der Waals surface area contributed by atoms with Crippen molar-refractivity contribution in [2.45, 2.75) is 44.4 Å². The monoisotopic (exact) mass is 245 g/mol. The number of hydrogen-bond donors (Lipinski definition) is 1. The average molecular weight is 245 g/mol. The first-order chi connectivity index (χ1) is 7.54. The molecule has 0 saturated heterocycles. The van der Waals surface area contributed by atoms with Crippen LogP contribution < -0.4 is 5.73 Å². The van der Waals surface area contributed by atoms with Crippen LogP contribution in [0.15, 0.2) is 0 Å². The molecule has 1 saturated carbocycles. The van der Waals surface area contributed by atoms with Crippen molar-refractivity contribution in [1.82, 2.24) is 0 Å². The summed E-state index contributed by atoms with van der Waals surface area (Å²) in [6, 6.07) is -0.468. The van der Waals surface area contributed by atoms with Crippen molar-refractivity contribution in [3.8, 4) is 0 Å². The van der Waals surface area contributed by atoms with Gasteiger partial charge in [-0.05, 0) is 31.1 Å². The molecule has 0 bridgehead atoms. The van der Waals surface area contributed by atoms with Crippen molar-refractivity contribution >= 4 is 17.7 Å². The fourth-order valence-electron chi connectivity index (χ4n) is 2.11. The number of ether oxygens (including phenoxy) is 1. The maximum absolute atomic E-state index is 11.1. The van der Waals surface area contributed by atoms with Gasteiger partial charge >= 0.3 is 5.97 Å². The van der Waals surface area contributed by atoms with Gasteiger partial charge in [0.2, 0.25) is 0 Å². The van der Waals surface area contributed by atoms with E-state index in [1.54, 1.807) is 0 Å². The number of thioether (sulfide) groups is 1. The van der Waals surface area contributed by atoms with E-state index in [0.29, 0.717) is 11.0 Å². The minimum absolute atomic E-state index is 0.301. The lowest BCUT2D eigenvalue weighted by Gasteiger charge is -2.32. The molecule has 4 unspecified atom stereocenters. The van der Waals surface area contributed by atoms with E-state index in [1.165, 1.54) is 26.4 Å². The number of carbonyl (C=O) groups excluding carboxylic acids is 1. The molecule has 0 aromatic carbocycles. The molecule has 0 amide bonds. The minimum atomic E-state index is -0.468. The van der Waals surface area contributed by atoms with E-state index in [1.807, 2.05) is 11.8 Å². The van der Waals surface area contributed by atoms with Gasteiger partial charge in [0, 0.05) is 11.0 Å². The minimum Gasteiger partial charge on any atom is -0.468 e. The van der Waals surface area contributed by atoms with Crippen molar-refractivity contribution in [1.29, 1.82) is 0 Å². The number of nitrogens with two attached hydrogens (primary N) is 1. The smallest absolute Gasteiger partial charge is 0.323 e. The summed E-state index contributed by atoms with van der Waals surface area (Å²) in [5.74, 6) is 2.01. The summed E-state index contributed by atoms with van der Waals surface area (Å²) in [6.07, 6.45) is 3.80. The molecule has 0 aliphatic heterocycles. The molecule has 0 aromatic rings. The molecule has 4 heteroatoms. The molecular formula is C12H23NO2S. The van der Waals surface area contributed by atoms with Crippen molar-refractivity contribution in [2.75, 3.05) is 12.9 Å². The molecule has 3 nitrogen and oxygen atoms in total. The number of carbonyl (C=O) groups is 1. The van der Waals surface area contributed by atoms with E-state index in [2.05, 4.69) is 18.6 Å². The molecule has 94 valence electrons. The van der Waals surface area contributed by atoms with Crippen LogP contribution in [-0.2, 0) is 9.53 Å². The van der Waals surface area contributed by atoms with Crippen molar-refractivity contribution in [3.05, 3.63) is 0 Å². The van der Waals surface area contributed by atoms with E-state index < -0.39 is 6.04 Å². The van der Waals surface area contributed by atoms with Gasteiger partial charge in [-0.15, -0.1) is 0 Å². The molecule has 16 heavy (non-hydrogen) atoms. The zero-order valence-electron chi connectivity index (χ0n) is 10.4. The summed E-state index contributed by atoms with van der Waals surface area (Å²) in [5, 5.41) is 0.668. The average Bonchev–Trinajstić information content (AvgIpc) is 2.29. The standard InChI is InChI=1S/C12H23NO2S/c1-8-4-5-10(6-9(8)2)16-7-11(13)12(14)15-3/h8-11H,4-7,13H2,1-3H3. The highest BCUT2D eigenvalue weighted by Crippen LogP contribution is 2.35. The second kappa shape index (κ2) is 6.50. The second-order valence-electron chi connectivity index (χ2n) is 4.85. The van der Waals surface area contributed by atoms with Gasteiger partial charge in [0.1, 0.15) is 6.04 Å². The SMILES string of the molecule is COC(=O)C(N)CSC1CCC(C)C(C)C1. The molecule has 4 atom stereocenters. The zero-order chi connectivity index (χ0) is 12.1. The highest BCUT2D eigenvalue weighted by Gasteiger charge is 2.26. The van der Waals surface area contributed by atoms with Crippen LogP contribution in [0.2, 0.25) is 0 Å². The number of hydrogen-bond acceptors (Lipinski definition) is 4. The Bertz CT molecular complexity index is 235. The molecule has 2 N–H and O–H groups in total. The maximum atomic E-state index is 11.1. The fourth-order valence-corrected chi connectivity index (χ4v) is 3.47. The molecule has 0 aromatic heterocycles. The van der Waals surface area contributed by atoms with E-state index in [0.717, 1.165) is 11.8 Å². The van der Waals surface area contributed by atoms with Crippen LogP contribution >= 0.6 is 11.8 Å². The quantitative estimate of drug-likeness (QED) is 0.770. The Balaban J connectivity index is 2.25. The third kappa shape index (κ3) is 3.98. The fraction of sp³-hybridized carbons (Fsp3) is 0.917. The third-order valence-corrected chi connectivity index (χ3v) is 5.02. The molecule has 1 aliphatic rings. The molecule has 0 spiro atoms. The summed E-state index contributed by atoms with van der Waals surface area (Å²) in [5.41, 5.74) is 5.71. The lowest BCUT2D eigenvalue weighted by Crippen LogP contribution is -2.35. The predicted octanol–water partition coefficient (Wildman–Crippen LogP) is 2.04. The summed E-state index contributed by atoms with van der Waals surface area (Å²) >= 11 is 1.83. The highest BCUT2D eigenvalue weighted by atomic mass is 32.2. The molecule has 1 aliphatic carbocycles. The topological polar surface area (TPSA) is 52.3 Å². The Morgan fingerprint density at radius 2 is 2.12 bits per heavy atom. The van der Waals surface area contributed by atoms with E-state index in [4.69, 9.17) is 5.73 Å². The molecule has 1 fully saturated rings. The summed E-state index contributed by atoms with van der Waals surface area (Å²) in [6.45, 7) is 4.64.